The van der Waals surface area contributed by atoms with E-state index in [0.29, 0.717) is 12.8 Å². The number of allylic oxidation sites excluding steroid dienone is 2. The van der Waals surface area contributed by atoms with E-state index in [1.54, 1.807) is 6.08 Å². The van der Waals surface area contributed by atoms with Gasteiger partial charge in [-0.05, 0) is 36.0 Å². The van der Waals surface area contributed by atoms with Crippen LogP contribution in [0, 0.1) is 5.41 Å². The molecule has 1 saturated heterocycles. The molecular weight excluding hydrogens is 290 g/mol. The van der Waals surface area contributed by atoms with Crippen LogP contribution in [0.25, 0.3) is 0 Å². The summed E-state index contributed by atoms with van der Waals surface area (Å²) < 4.78 is 0. The summed E-state index contributed by atoms with van der Waals surface area (Å²) in [5, 5.41) is 3.35. The van der Waals surface area contributed by atoms with Gasteiger partial charge in [0.2, 0.25) is 5.91 Å². The lowest BCUT2D eigenvalue weighted by Crippen LogP contribution is -2.44. The van der Waals surface area contributed by atoms with Crippen LogP contribution in [0.3, 0.4) is 0 Å². The Balaban J connectivity index is 1.66. The van der Waals surface area contributed by atoms with Gasteiger partial charge >= 0.3 is 0 Å². The molecule has 122 valence electrons. The highest BCUT2D eigenvalue weighted by molar-refractivity contribution is 5.92. The second-order valence-electron chi connectivity index (χ2n) is 7.18. The van der Waals surface area contributed by atoms with Gasteiger partial charge in [-0.2, -0.15) is 0 Å². The average Bonchev–Trinajstić information content (AvgIpc) is 2.47. The molecule has 1 unspecified atom stereocenters. The fourth-order valence-electron chi connectivity index (χ4n) is 3.24. The summed E-state index contributed by atoms with van der Waals surface area (Å²) in [6.45, 7) is 4.23. The molecule has 1 aliphatic heterocycles. The number of hydrogen-bond acceptors (Lipinski definition) is 4. The smallest absolute Gasteiger partial charge is 0.234 e. The Hall–Kier alpha value is -2.14. The van der Waals surface area contributed by atoms with Gasteiger partial charge in [-0.15, -0.1) is 0 Å². The maximum absolute atomic E-state index is 11.8. The Bertz CT molecular complexity index is 637. The standard InChI is InChI=1S/C18H23N3O2/c1-18(2)10-14(9-15(22)11-18)19-13-5-3-12(4-6-13)16-7-8-17(23)21-20-16/h3-6,9,16,19-20H,7-8,10-11H2,1-2H3,(H,21,23). The Morgan fingerprint density at radius 3 is 2.48 bits per heavy atom. The lowest BCUT2D eigenvalue weighted by molar-refractivity contribution is -0.124. The molecule has 0 aromatic heterocycles. The zero-order chi connectivity index (χ0) is 16.4. The highest BCUT2D eigenvalue weighted by Gasteiger charge is 2.27. The number of carbonyl (C=O) groups is 2. The van der Waals surface area contributed by atoms with Crippen LogP contribution in [-0.2, 0) is 9.59 Å². The van der Waals surface area contributed by atoms with Crippen molar-refractivity contribution < 1.29 is 9.59 Å². The minimum atomic E-state index is 0.0122. The van der Waals surface area contributed by atoms with Gasteiger partial charge in [-0.3, -0.25) is 15.0 Å². The average molecular weight is 313 g/mol. The number of nitrogens with one attached hydrogen (secondary N) is 3. The molecule has 1 fully saturated rings. The molecule has 2 aliphatic rings. The monoisotopic (exact) mass is 313 g/mol. The van der Waals surface area contributed by atoms with Crippen LogP contribution in [0.4, 0.5) is 5.69 Å². The number of anilines is 1. The van der Waals surface area contributed by atoms with Crippen molar-refractivity contribution in [1.82, 2.24) is 10.9 Å². The number of rotatable bonds is 3. The van der Waals surface area contributed by atoms with Gasteiger partial charge in [0.05, 0.1) is 6.04 Å². The zero-order valence-corrected chi connectivity index (χ0v) is 13.6. The summed E-state index contributed by atoms with van der Waals surface area (Å²) in [5.74, 6) is 0.221. The summed E-state index contributed by atoms with van der Waals surface area (Å²) in [6, 6.07) is 8.28. The van der Waals surface area contributed by atoms with E-state index in [2.05, 4.69) is 30.0 Å². The first-order chi connectivity index (χ1) is 10.9. The number of ketones is 1. The first kappa shape index (κ1) is 15.7. The fourth-order valence-corrected chi connectivity index (χ4v) is 3.24. The maximum Gasteiger partial charge on any atom is 0.234 e. The minimum absolute atomic E-state index is 0.0122. The minimum Gasteiger partial charge on any atom is -0.359 e. The predicted molar refractivity (Wildman–Crippen MR) is 89.4 cm³/mol. The maximum atomic E-state index is 11.8. The summed E-state index contributed by atoms with van der Waals surface area (Å²) in [5.41, 5.74) is 8.81. The molecule has 0 saturated carbocycles. The van der Waals surface area contributed by atoms with Gasteiger partial charge in [-0.1, -0.05) is 26.0 Å². The Morgan fingerprint density at radius 1 is 1.13 bits per heavy atom. The van der Waals surface area contributed by atoms with E-state index in [-0.39, 0.29) is 23.1 Å². The quantitative estimate of drug-likeness (QED) is 0.802. The van der Waals surface area contributed by atoms with Gasteiger partial charge in [-0.25, -0.2) is 5.43 Å². The topological polar surface area (TPSA) is 70.2 Å². The molecule has 0 radical (unpaired) electrons. The molecular formula is C18H23N3O2. The zero-order valence-electron chi connectivity index (χ0n) is 13.6. The lowest BCUT2D eigenvalue weighted by atomic mass is 9.79. The second-order valence-corrected chi connectivity index (χ2v) is 7.18. The summed E-state index contributed by atoms with van der Waals surface area (Å²) in [4.78, 5) is 23.0. The first-order valence-electron chi connectivity index (χ1n) is 8.06. The van der Waals surface area contributed by atoms with Crippen molar-refractivity contribution in [3.05, 3.63) is 41.6 Å². The lowest BCUT2D eigenvalue weighted by Gasteiger charge is -2.29. The van der Waals surface area contributed by atoms with Crippen molar-refractivity contribution in [2.75, 3.05) is 5.32 Å². The Labute approximate surface area is 136 Å². The van der Waals surface area contributed by atoms with E-state index in [4.69, 9.17) is 0 Å². The third-order valence-electron chi connectivity index (χ3n) is 4.32. The van der Waals surface area contributed by atoms with Crippen molar-refractivity contribution in [2.45, 2.75) is 45.6 Å². The van der Waals surface area contributed by atoms with Gasteiger partial charge in [0.15, 0.2) is 5.78 Å². The van der Waals surface area contributed by atoms with Crippen molar-refractivity contribution in [1.29, 1.82) is 0 Å². The summed E-state index contributed by atoms with van der Waals surface area (Å²) >= 11 is 0. The van der Waals surface area contributed by atoms with E-state index >= 15 is 0 Å². The molecule has 3 rings (SSSR count). The summed E-state index contributed by atoms with van der Waals surface area (Å²) in [7, 11) is 0. The summed E-state index contributed by atoms with van der Waals surface area (Å²) in [6.07, 6.45) is 4.54. The molecule has 1 atom stereocenters. The molecule has 0 spiro atoms. The highest BCUT2D eigenvalue weighted by atomic mass is 16.2. The molecule has 1 aromatic carbocycles. The van der Waals surface area contributed by atoms with Gasteiger partial charge < -0.3 is 5.32 Å². The SMILES string of the molecule is CC1(C)CC(=O)C=C(Nc2ccc(C3CCC(=O)NN3)cc2)C1. The van der Waals surface area contributed by atoms with Crippen molar-refractivity contribution in [2.24, 2.45) is 5.41 Å². The molecule has 3 N–H and O–H groups in total. The van der Waals surface area contributed by atoms with Crippen molar-refractivity contribution in [3.8, 4) is 0 Å². The van der Waals surface area contributed by atoms with Crippen LogP contribution in [0.2, 0.25) is 0 Å². The number of hydrazine groups is 1. The molecule has 5 heteroatoms. The molecule has 1 aromatic rings. The van der Waals surface area contributed by atoms with Crippen molar-refractivity contribution in [3.63, 3.8) is 0 Å². The van der Waals surface area contributed by atoms with Crippen LogP contribution < -0.4 is 16.2 Å². The molecule has 1 aliphatic carbocycles. The fraction of sp³-hybridized carbons (Fsp3) is 0.444. The predicted octanol–water partition coefficient (Wildman–Crippen LogP) is 2.83. The third kappa shape index (κ3) is 3.99. The van der Waals surface area contributed by atoms with Gasteiger partial charge in [0.1, 0.15) is 0 Å². The van der Waals surface area contributed by atoms with Crippen LogP contribution in [0.5, 0.6) is 0 Å². The molecule has 0 bridgehead atoms. The molecule has 5 nitrogen and oxygen atoms in total. The molecule has 1 amide bonds. The normalized spacial score (nSPS) is 23.9. The number of amides is 1. The van der Waals surface area contributed by atoms with Gasteiger partial charge in [0.25, 0.3) is 0 Å². The first-order valence-corrected chi connectivity index (χ1v) is 8.06. The van der Waals surface area contributed by atoms with E-state index < -0.39 is 0 Å². The van der Waals surface area contributed by atoms with Crippen LogP contribution in [-0.4, -0.2) is 11.7 Å². The second kappa shape index (κ2) is 6.16. The Morgan fingerprint density at radius 2 is 1.87 bits per heavy atom. The van der Waals surface area contributed by atoms with Crippen molar-refractivity contribution >= 4 is 17.4 Å². The van der Waals surface area contributed by atoms with E-state index in [1.807, 2.05) is 24.3 Å². The number of hydrogen-bond donors (Lipinski definition) is 3. The van der Waals surface area contributed by atoms with Crippen LogP contribution in [0.15, 0.2) is 36.0 Å². The van der Waals surface area contributed by atoms with E-state index in [0.717, 1.165) is 29.8 Å². The van der Waals surface area contributed by atoms with E-state index in [1.165, 1.54) is 0 Å². The number of carbonyl (C=O) groups excluding carboxylic acids is 2. The Kier molecular flexibility index (Phi) is 4.22. The molecule has 1 heterocycles. The largest absolute Gasteiger partial charge is 0.359 e. The van der Waals surface area contributed by atoms with Gasteiger partial charge in [0, 0.05) is 30.3 Å². The highest BCUT2D eigenvalue weighted by Crippen LogP contribution is 2.34. The van der Waals surface area contributed by atoms with E-state index in [9.17, 15) is 9.59 Å². The molecule has 23 heavy (non-hydrogen) atoms. The third-order valence-corrected chi connectivity index (χ3v) is 4.32. The van der Waals surface area contributed by atoms with Crippen LogP contribution in [0.1, 0.15) is 51.1 Å². The van der Waals surface area contributed by atoms with Crippen LogP contribution >= 0.6 is 0 Å². The number of benzene rings is 1.